The summed E-state index contributed by atoms with van der Waals surface area (Å²) in [6.45, 7) is 0. The maximum atomic E-state index is 12.2. The minimum Gasteiger partial charge on any atom is -0.296 e. The molecule has 4 bridgehead atoms. The number of carbonyl (C=O) groups is 1. The van der Waals surface area contributed by atoms with Crippen LogP contribution in [-0.2, 0) is 4.79 Å². The fraction of sp³-hybridized carbons (Fsp3) is 0.923. The molecule has 0 spiro atoms. The molecule has 0 N–H and O–H groups in total. The van der Waals surface area contributed by atoms with Crippen molar-refractivity contribution in [3.63, 3.8) is 0 Å². The molecule has 0 saturated heterocycles. The highest BCUT2D eigenvalue weighted by Gasteiger charge is 2.52. The van der Waals surface area contributed by atoms with Crippen LogP contribution in [0.4, 0.5) is 0 Å². The van der Waals surface area contributed by atoms with Gasteiger partial charge in [-0.25, -0.2) is 0 Å². The van der Waals surface area contributed by atoms with Gasteiger partial charge in [-0.1, -0.05) is 47.8 Å². The largest absolute Gasteiger partial charge is 0.296 e. The average molecular weight is 429 g/mol. The van der Waals surface area contributed by atoms with Gasteiger partial charge in [0.05, 0.1) is 0 Å². The van der Waals surface area contributed by atoms with Gasteiger partial charge in [0.15, 0.2) is 7.93 Å². The Bertz CT molecular complexity index is 310. The quantitative estimate of drug-likeness (QED) is 0.565. The second-order valence-corrected chi connectivity index (χ2v) is 13.3. The van der Waals surface area contributed by atoms with Crippen molar-refractivity contribution in [3.8, 4) is 0 Å². The zero-order valence-corrected chi connectivity index (χ0v) is 14.5. The third-order valence-electron chi connectivity index (χ3n) is 5.02. The van der Waals surface area contributed by atoms with E-state index < -0.39 is 2.14 Å². The highest BCUT2D eigenvalue weighted by atomic mass is 80.0. The second kappa shape index (κ2) is 4.31. The Balaban J connectivity index is 1.76. The Labute approximate surface area is 128 Å². The van der Waals surface area contributed by atoms with Crippen LogP contribution in [0.5, 0.6) is 0 Å². The van der Waals surface area contributed by atoms with Gasteiger partial charge in [-0.05, 0) is 61.7 Å². The highest BCUT2D eigenvalue weighted by molar-refractivity contribution is 9.40. The van der Waals surface area contributed by atoms with Crippen LogP contribution < -0.4 is 0 Å². The summed E-state index contributed by atoms with van der Waals surface area (Å²) in [5, 5.41) is 0. The molecule has 0 radical (unpaired) electrons. The topological polar surface area (TPSA) is 17.1 Å². The Morgan fingerprint density at radius 3 is 1.76 bits per heavy atom. The summed E-state index contributed by atoms with van der Waals surface area (Å²) in [7, 11) is 0. The number of Topliss-reactive ketones (excluding diaryl/α,β-unsaturated/α-hetero) is 1. The fourth-order valence-electron chi connectivity index (χ4n) is 4.95. The number of halogens is 3. The Morgan fingerprint density at radius 1 is 1.00 bits per heavy atom. The van der Waals surface area contributed by atoms with E-state index in [4.69, 9.17) is 0 Å². The smallest absolute Gasteiger partial charge is 0.192 e. The van der Waals surface area contributed by atoms with Crippen LogP contribution in [0, 0.1) is 23.2 Å². The molecular formula is C13H17Br3O. The first-order valence-corrected chi connectivity index (χ1v) is 8.84. The summed E-state index contributed by atoms with van der Waals surface area (Å²) < 4.78 is -0.698. The summed E-state index contributed by atoms with van der Waals surface area (Å²) in [6, 6.07) is 0. The molecule has 96 valence electrons. The van der Waals surface area contributed by atoms with Crippen molar-refractivity contribution in [2.45, 2.75) is 47.1 Å². The van der Waals surface area contributed by atoms with Crippen molar-refractivity contribution in [2.75, 3.05) is 0 Å². The number of hydrogen-bond acceptors (Lipinski definition) is 1. The number of rotatable bonds is 2. The summed E-state index contributed by atoms with van der Waals surface area (Å²) in [6.07, 6.45) is 8.95. The molecule has 4 saturated carbocycles. The van der Waals surface area contributed by atoms with Gasteiger partial charge in [-0.15, -0.1) is 0 Å². The molecule has 4 aliphatic rings. The van der Waals surface area contributed by atoms with E-state index in [1.54, 1.807) is 0 Å². The standard InChI is InChI=1S/C13H17Br3O/c14-13(15,16)11(17)7-12-4-8-1-9(5-12)3-10(2-8)6-12/h8-10H,1-7H2. The minimum absolute atomic E-state index is 0.249. The predicted octanol–water partition coefficient (Wildman–Crippen LogP) is 5.00. The van der Waals surface area contributed by atoms with E-state index >= 15 is 0 Å². The molecule has 17 heavy (non-hydrogen) atoms. The Hall–Kier alpha value is 1.11. The Kier molecular flexibility index (Phi) is 3.32. The molecule has 0 amide bonds. The third-order valence-corrected chi connectivity index (χ3v) is 6.34. The summed E-state index contributed by atoms with van der Waals surface area (Å²) in [4.78, 5) is 12.2. The summed E-state index contributed by atoms with van der Waals surface area (Å²) >= 11 is 10.1. The summed E-state index contributed by atoms with van der Waals surface area (Å²) in [5.41, 5.74) is 0.340. The molecule has 4 heteroatoms. The molecule has 4 fully saturated rings. The van der Waals surface area contributed by atoms with Crippen molar-refractivity contribution in [2.24, 2.45) is 23.2 Å². The molecule has 0 aromatic carbocycles. The maximum absolute atomic E-state index is 12.2. The van der Waals surface area contributed by atoms with E-state index in [2.05, 4.69) is 47.8 Å². The zero-order valence-electron chi connectivity index (χ0n) is 9.72. The molecular weight excluding hydrogens is 412 g/mol. The van der Waals surface area contributed by atoms with Gasteiger partial charge in [0, 0.05) is 6.42 Å². The normalized spacial score (nSPS) is 44.1. The molecule has 1 nitrogen and oxygen atoms in total. The first-order valence-electron chi connectivity index (χ1n) is 6.46. The maximum Gasteiger partial charge on any atom is 0.192 e. The SMILES string of the molecule is O=C(CC12CC3CC(CC(C3)C1)C2)C(Br)(Br)Br. The third kappa shape index (κ3) is 2.55. The van der Waals surface area contributed by atoms with Crippen molar-refractivity contribution in [1.29, 1.82) is 0 Å². The van der Waals surface area contributed by atoms with E-state index in [0.29, 0.717) is 5.41 Å². The van der Waals surface area contributed by atoms with Crippen molar-refractivity contribution >= 4 is 53.6 Å². The lowest BCUT2D eigenvalue weighted by molar-refractivity contribution is -0.125. The molecule has 0 aliphatic heterocycles. The lowest BCUT2D eigenvalue weighted by atomic mass is 9.48. The molecule has 4 rings (SSSR count). The molecule has 0 unspecified atom stereocenters. The van der Waals surface area contributed by atoms with Crippen LogP contribution >= 0.6 is 47.8 Å². The van der Waals surface area contributed by atoms with Gasteiger partial charge in [0.25, 0.3) is 0 Å². The summed E-state index contributed by atoms with van der Waals surface area (Å²) in [5.74, 6) is 3.01. The van der Waals surface area contributed by atoms with Crippen molar-refractivity contribution < 1.29 is 4.79 Å². The van der Waals surface area contributed by atoms with Crippen LogP contribution in [-0.4, -0.2) is 7.93 Å². The Morgan fingerprint density at radius 2 is 1.41 bits per heavy atom. The van der Waals surface area contributed by atoms with Crippen LogP contribution in [0.15, 0.2) is 0 Å². The average Bonchev–Trinajstić information content (AvgIpc) is 2.12. The van der Waals surface area contributed by atoms with Crippen LogP contribution in [0.2, 0.25) is 0 Å². The number of alkyl halides is 3. The first kappa shape index (κ1) is 13.1. The number of ketones is 1. The fourth-order valence-corrected chi connectivity index (χ4v) is 5.37. The van der Waals surface area contributed by atoms with Gasteiger partial charge in [0.1, 0.15) is 0 Å². The molecule has 0 aromatic heterocycles. The van der Waals surface area contributed by atoms with Crippen LogP contribution in [0.1, 0.15) is 44.9 Å². The number of carbonyl (C=O) groups excluding carboxylic acids is 1. The lowest BCUT2D eigenvalue weighted by Crippen LogP contribution is -2.47. The van der Waals surface area contributed by atoms with Gasteiger partial charge >= 0.3 is 0 Å². The zero-order chi connectivity index (χ0) is 12.3. The van der Waals surface area contributed by atoms with Gasteiger partial charge in [-0.2, -0.15) is 0 Å². The van der Waals surface area contributed by atoms with Crippen LogP contribution in [0.3, 0.4) is 0 Å². The first-order chi connectivity index (χ1) is 7.86. The van der Waals surface area contributed by atoms with Gasteiger partial charge < -0.3 is 0 Å². The predicted molar refractivity (Wildman–Crippen MR) is 79.7 cm³/mol. The highest BCUT2D eigenvalue weighted by Crippen LogP contribution is 2.62. The van der Waals surface area contributed by atoms with E-state index in [9.17, 15) is 4.79 Å². The minimum atomic E-state index is -0.698. The number of hydrogen-bond donors (Lipinski definition) is 0. The van der Waals surface area contributed by atoms with Crippen molar-refractivity contribution in [3.05, 3.63) is 0 Å². The molecule has 0 atom stereocenters. The van der Waals surface area contributed by atoms with E-state index in [0.717, 1.165) is 24.2 Å². The lowest BCUT2D eigenvalue weighted by Gasteiger charge is -2.57. The van der Waals surface area contributed by atoms with E-state index in [1.165, 1.54) is 38.5 Å². The molecule has 0 aromatic rings. The van der Waals surface area contributed by atoms with E-state index in [1.807, 2.05) is 0 Å². The van der Waals surface area contributed by atoms with Crippen molar-refractivity contribution in [1.82, 2.24) is 0 Å². The molecule has 0 heterocycles. The van der Waals surface area contributed by atoms with Crippen LogP contribution in [0.25, 0.3) is 0 Å². The molecule has 4 aliphatic carbocycles. The van der Waals surface area contributed by atoms with Gasteiger partial charge in [-0.3, -0.25) is 4.79 Å². The van der Waals surface area contributed by atoms with Gasteiger partial charge in [0.2, 0.25) is 0 Å². The second-order valence-electron chi connectivity index (χ2n) is 6.52. The monoisotopic (exact) mass is 426 g/mol. The van der Waals surface area contributed by atoms with E-state index in [-0.39, 0.29) is 5.78 Å².